The number of alkyl halides is 3. The third kappa shape index (κ3) is 3.07. The lowest BCUT2D eigenvalue weighted by atomic mass is 10.0. The highest BCUT2D eigenvalue weighted by molar-refractivity contribution is 7.08. The number of benzene rings is 1. The van der Waals surface area contributed by atoms with Gasteiger partial charge in [-0.05, 0) is 46.2 Å². The van der Waals surface area contributed by atoms with Gasteiger partial charge in [-0.2, -0.15) is 24.5 Å². The summed E-state index contributed by atoms with van der Waals surface area (Å²) in [6, 6.07) is 8.08. The molecular weight excluding hydrogens is 377 g/mol. The Balaban J connectivity index is 1.82. The number of thiophene rings is 1. The zero-order valence-electron chi connectivity index (χ0n) is 13.7. The molecular formula is C19H13F3N2O2S. The van der Waals surface area contributed by atoms with E-state index in [2.05, 4.69) is 4.98 Å². The monoisotopic (exact) mass is 390 g/mol. The molecule has 1 aromatic carbocycles. The standard InChI is InChI=1S/C19H13F3N2O2S/c20-19(21,22)14-3-5-24-8-13(14)17(25)18-16(23)12-2-1-10(7-15(12)26-18)11-4-6-27-9-11/h1-9,17,25H,23H2. The molecule has 0 bridgehead atoms. The van der Waals surface area contributed by atoms with Crippen LogP contribution in [0.4, 0.5) is 18.9 Å². The second-order valence-electron chi connectivity index (χ2n) is 5.97. The Morgan fingerprint density at radius 2 is 1.96 bits per heavy atom. The lowest BCUT2D eigenvalue weighted by Crippen LogP contribution is -2.13. The number of pyridine rings is 1. The SMILES string of the molecule is Nc1c(C(O)c2cnccc2C(F)(F)F)oc2cc(-c3ccsc3)ccc12. The number of aliphatic hydroxyl groups is 1. The molecule has 4 aromatic rings. The molecule has 1 atom stereocenters. The zero-order chi connectivity index (χ0) is 19.2. The summed E-state index contributed by atoms with van der Waals surface area (Å²) in [5.41, 5.74) is 7.03. The van der Waals surface area contributed by atoms with E-state index in [1.54, 1.807) is 23.5 Å². The number of nitrogen functional groups attached to an aromatic ring is 1. The lowest BCUT2D eigenvalue weighted by Gasteiger charge is -2.15. The van der Waals surface area contributed by atoms with Crippen molar-refractivity contribution in [3.8, 4) is 11.1 Å². The molecule has 3 heterocycles. The number of hydrogen-bond donors (Lipinski definition) is 2. The molecule has 8 heteroatoms. The minimum Gasteiger partial charge on any atom is -0.456 e. The van der Waals surface area contributed by atoms with Crippen LogP contribution in [0.3, 0.4) is 0 Å². The molecule has 0 radical (unpaired) electrons. The molecule has 1 unspecified atom stereocenters. The number of hydrogen-bond acceptors (Lipinski definition) is 5. The summed E-state index contributed by atoms with van der Waals surface area (Å²) in [6.07, 6.45) is -4.33. The van der Waals surface area contributed by atoms with Gasteiger partial charge in [0.05, 0.1) is 11.3 Å². The second-order valence-corrected chi connectivity index (χ2v) is 6.75. The zero-order valence-corrected chi connectivity index (χ0v) is 14.5. The fourth-order valence-electron chi connectivity index (χ4n) is 2.97. The first-order chi connectivity index (χ1) is 12.9. The van der Waals surface area contributed by atoms with Crippen LogP contribution in [0.2, 0.25) is 0 Å². The number of nitrogens with zero attached hydrogens (tertiary/aromatic N) is 1. The summed E-state index contributed by atoms with van der Waals surface area (Å²) < 4.78 is 45.4. The van der Waals surface area contributed by atoms with Crippen molar-refractivity contribution in [2.45, 2.75) is 12.3 Å². The minimum atomic E-state index is -4.63. The normalized spacial score (nSPS) is 13.2. The van der Waals surface area contributed by atoms with Gasteiger partial charge in [0, 0.05) is 23.3 Å². The third-order valence-corrected chi connectivity index (χ3v) is 5.00. The van der Waals surface area contributed by atoms with Gasteiger partial charge in [0.25, 0.3) is 0 Å². The van der Waals surface area contributed by atoms with Crippen LogP contribution in [-0.2, 0) is 6.18 Å². The van der Waals surface area contributed by atoms with E-state index in [9.17, 15) is 18.3 Å². The van der Waals surface area contributed by atoms with E-state index in [0.717, 1.165) is 29.6 Å². The average Bonchev–Trinajstić information content (AvgIpc) is 3.29. The topological polar surface area (TPSA) is 72.3 Å². The van der Waals surface area contributed by atoms with Crippen LogP contribution < -0.4 is 5.73 Å². The van der Waals surface area contributed by atoms with Crippen LogP contribution in [0.5, 0.6) is 0 Å². The highest BCUT2D eigenvalue weighted by atomic mass is 32.1. The first-order valence-electron chi connectivity index (χ1n) is 7.90. The highest BCUT2D eigenvalue weighted by Crippen LogP contribution is 2.41. The van der Waals surface area contributed by atoms with E-state index in [0.29, 0.717) is 11.0 Å². The Labute approximate surface area is 155 Å². The van der Waals surface area contributed by atoms with Crippen LogP contribution in [0.1, 0.15) is 23.0 Å². The van der Waals surface area contributed by atoms with Gasteiger partial charge in [-0.3, -0.25) is 4.98 Å². The summed E-state index contributed by atoms with van der Waals surface area (Å²) in [5.74, 6) is -0.133. The van der Waals surface area contributed by atoms with Crippen LogP contribution in [-0.4, -0.2) is 10.1 Å². The van der Waals surface area contributed by atoms with E-state index >= 15 is 0 Å². The number of halogens is 3. The predicted octanol–water partition coefficient (Wildman–Crippen LogP) is 5.24. The van der Waals surface area contributed by atoms with Crippen LogP contribution in [0.15, 0.2) is 57.9 Å². The van der Waals surface area contributed by atoms with Gasteiger partial charge in [0.15, 0.2) is 5.76 Å². The maximum atomic E-state index is 13.2. The van der Waals surface area contributed by atoms with Crippen LogP contribution in [0.25, 0.3) is 22.1 Å². The largest absolute Gasteiger partial charge is 0.456 e. The molecule has 0 aliphatic carbocycles. The number of aliphatic hydroxyl groups excluding tert-OH is 1. The van der Waals surface area contributed by atoms with E-state index in [4.69, 9.17) is 10.2 Å². The van der Waals surface area contributed by atoms with E-state index in [1.165, 1.54) is 0 Å². The summed E-state index contributed by atoms with van der Waals surface area (Å²) >= 11 is 1.55. The summed E-state index contributed by atoms with van der Waals surface area (Å²) in [7, 11) is 0. The Bertz CT molecular complexity index is 1100. The van der Waals surface area contributed by atoms with Gasteiger partial charge in [0.1, 0.15) is 11.7 Å². The second kappa shape index (κ2) is 6.40. The molecule has 0 spiro atoms. The van der Waals surface area contributed by atoms with Crippen molar-refractivity contribution in [2.24, 2.45) is 0 Å². The van der Waals surface area contributed by atoms with Crippen molar-refractivity contribution >= 4 is 28.0 Å². The van der Waals surface area contributed by atoms with Gasteiger partial charge in [-0.15, -0.1) is 0 Å². The van der Waals surface area contributed by atoms with Crippen molar-refractivity contribution in [2.75, 3.05) is 5.73 Å². The summed E-state index contributed by atoms with van der Waals surface area (Å²) in [6.45, 7) is 0. The van der Waals surface area contributed by atoms with Gasteiger partial charge < -0.3 is 15.3 Å². The van der Waals surface area contributed by atoms with Crippen molar-refractivity contribution in [3.05, 3.63) is 70.4 Å². The molecule has 0 aliphatic heterocycles. The molecule has 0 saturated carbocycles. The Kier molecular flexibility index (Phi) is 4.16. The quantitative estimate of drug-likeness (QED) is 0.502. The highest BCUT2D eigenvalue weighted by Gasteiger charge is 2.36. The Hall–Kier alpha value is -2.84. The predicted molar refractivity (Wildman–Crippen MR) is 97.2 cm³/mol. The first-order valence-corrected chi connectivity index (χ1v) is 8.84. The summed E-state index contributed by atoms with van der Waals surface area (Å²) in [4.78, 5) is 3.70. The van der Waals surface area contributed by atoms with Crippen molar-refractivity contribution < 1.29 is 22.7 Å². The Morgan fingerprint density at radius 1 is 1.15 bits per heavy atom. The number of fused-ring (bicyclic) bond motifs is 1. The van der Waals surface area contributed by atoms with Crippen LogP contribution in [0, 0.1) is 0 Å². The molecule has 0 aliphatic rings. The van der Waals surface area contributed by atoms with Gasteiger partial charge in [-0.25, -0.2) is 0 Å². The molecule has 3 aromatic heterocycles. The minimum absolute atomic E-state index is 0.103. The van der Waals surface area contributed by atoms with E-state index in [1.807, 2.05) is 22.9 Å². The third-order valence-electron chi connectivity index (χ3n) is 4.31. The van der Waals surface area contributed by atoms with Crippen LogP contribution >= 0.6 is 11.3 Å². The maximum Gasteiger partial charge on any atom is 0.416 e. The molecule has 138 valence electrons. The van der Waals surface area contributed by atoms with Crippen molar-refractivity contribution in [1.29, 1.82) is 0 Å². The number of nitrogens with two attached hydrogens (primary N) is 1. The number of aromatic nitrogens is 1. The lowest BCUT2D eigenvalue weighted by molar-refractivity contribution is -0.139. The van der Waals surface area contributed by atoms with Gasteiger partial charge >= 0.3 is 6.18 Å². The van der Waals surface area contributed by atoms with Crippen molar-refractivity contribution in [1.82, 2.24) is 4.98 Å². The smallest absolute Gasteiger partial charge is 0.416 e. The molecule has 0 fully saturated rings. The average molecular weight is 390 g/mol. The number of rotatable bonds is 3. The van der Waals surface area contributed by atoms with E-state index < -0.39 is 23.4 Å². The first kappa shape index (κ1) is 17.6. The fraction of sp³-hybridized carbons (Fsp3) is 0.105. The molecule has 3 N–H and O–H groups in total. The molecule has 4 nitrogen and oxygen atoms in total. The van der Waals surface area contributed by atoms with Crippen molar-refractivity contribution in [3.63, 3.8) is 0 Å². The molecule has 27 heavy (non-hydrogen) atoms. The van der Waals surface area contributed by atoms with Gasteiger partial charge in [-0.1, -0.05) is 6.07 Å². The molecule has 0 saturated heterocycles. The fourth-order valence-corrected chi connectivity index (χ4v) is 3.64. The van der Waals surface area contributed by atoms with Gasteiger partial charge in [0.2, 0.25) is 0 Å². The molecule has 0 amide bonds. The Morgan fingerprint density at radius 3 is 2.67 bits per heavy atom. The number of anilines is 1. The maximum absolute atomic E-state index is 13.2. The van der Waals surface area contributed by atoms with E-state index in [-0.39, 0.29) is 11.4 Å². The summed E-state index contributed by atoms with van der Waals surface area (Å²) in [5, 5.41) is 15.0. The number of furan rings is 1. The molecule has 4 rings (SSSR count).